The molecule has 0 saturated heterocycles. The molecular formula is C11H14N2O3. The molecule has 0 atom stereocenters. The Morgan fingerprint density at radius 1 is 1.38 bits per heavy atom. The van der Waals surface area contributed by atoms with Crippen LogP contribution in [0.4, 0.5) is 0 Å². The molecule has 0 aliphatic heterocycles. The molecule has 0 radical (unpaired) electrons. The highest BCUT2D eigenvalue weighted by Gasteiger charge is 2.04. The molecule has 2 rings (SSSR count). The monoisotopic (exact) mass is 222 g/mol. The highest BCUT2D eigenvalue weighted by Crippen LogP contribution is 2.17. The van der Waals surface area contributed by atoms with Crippen LogP contribution in [0, 0.1) is 0 Å². The van der Waals surface area contributed by atoms with Gasteiger partial charge in [0.05, 0.1) is 17.6 Å². The van der Waals surface area contributed by atoms with Crippen molar-refractivity contribution in [2.75, 3.05) is 20.3 Å². The molecule has 0 aliphatic rings. The van der Waals surface area contributed by atoms with Gasteiger partial charge in [-0.25, -0.2) is 4.79 Å². The number of fused-ring (bicyclic) bond motifs is 1. The van der Waals surface area contributed by atoms with Crippen molar-refractivity contribution in [3.05, 3.63) is 28.7 Å². The van der Waals surface area contributed by atoms with E-state index in [1.54, 1.807) is 18.7 Å². The number of nitrogens with one attached hydrogen (secondary N) is 1. The van der Waals surface area contributed by atoms with Crippen LogP contribution < -0.4 is 10.4 Å². The molecule has 0 spiro atoms. The van der Waals surface area contributed by atoms with E-state index in [-0.39, 0.29) is 5.69 Å². The largest absolute Gasteiger partial charge is 0.491 e. The number of methoxy groups -OCH3 is 1. The van der Waals surface area contributed by atoms with E-state index in [0.29, 0.717) is 13.2 Å². The summed E-state index contributed by atoms with van der Waals surface area (Å²) in [4.78, 5) is 14.1. The minimum atomic E-state index is -0.121. The van der Waals surface area contributed by atoms with Crippen LogP contribution in [0.1, 0.15) is 0 Å². The molecule has 0 unspecified atom stereocenters. The smallest absolute Gasteiger partial charge is 0.326 e. The lowest BCUT2D eigenvalue weighted by atomic mass is 10.3. The number of aryl methyl sites for hydroxylation is 1. The molecule has 0 saturated carbocycles. The highest BCUT2D eigenvalue weighted by molar-refractivity contribution is 5.76. The lowest BCUT2D eigenvalue weighted by Crippen LogP contribution is -2.11. The van der Waals surface area contributed by atoms with Crippen molar-refractivity contribution in [2.45, 2.75) is 0 Å². The summed E-state index contributed by atoms with van der Waals surface area (Å²) in [5.41, 5.74) is 1.52. The summed E-state index contributed by atoms with van der Waals surface area (Å²) in [5, 5.41) is 0. The lowest BCUT2D eigenvalue weighted by Gasteiger charge is -2.05. The first-order chi connectivity index (χ1) is 7.72. The van der Waals surface area contributed by atoms with Crippen molar-refractivity contribution in [2.24, 2.45) is 7.05 Å². The average Bonchev–Trinajstić information content (AvgIpc) is 2.56. The molecular weight excluding hydrogens is 208 g/mol. The summed E-state index contributed by atoms with van der Waals surface area (Å²) in [7, 11) is 3.35. The Morgan fingerprint density at radius 2 is 2.19 bits per heavy atom. The molecule has 16 heavy (non-hydrogen) atoms. The van der Waals surface area contributed by atoms with E-state index in [1.165, 1.54) is 0 Å². The van der Waals surface area contributed by atoms with Gasteiger partial charge < -0.3 is 14.5 Å². The zero-order valence-corrected chi connectivity index (χ0v) is 9.32. The zero-order chi connectivity index (χ0) is 11.5. The molecule has 1 heterocycles. The lowest BCUT2D eigenvalue weighted by molar-refractivity contribution is 0.146. The average molecular weight is 222 g/mol. The normalized spacial score (nSPS) is 10.9. The number of nitrogens with zero attached hydrogens (tertiary/aromatic N) is 1. The molecule has 0 bridgehead atoms. The Bertz CT molecular complexity index is 542. The van der Waals surface area contributed by atoms with E-state index in [4.69, 9.17) is 9.47 Å². The second-order valence-electron chi connectivity index (χ2n) is 3.51. The molecule has 5 nitrogen and oxygen atoms in total. The van der Waals surface area contributed by atoms with Crippen LogP contribution >= 0.6 is 0 Å². The molecule has 5 heteroatoms. The highest BCUT2D eigenvalue weighted by atomic mass is 16.5. The minimum Gasteiger partial charge on any atom is -0.491 e. The van der Waals surface area contributed by atoms with Crippen LogP contribution in [0.3, 0.4) is 0 Å². The molecule has 0 amide bonds. The van der Waals surface area contributed by atoms with Crippen LogP contribution in [0.15, 0.2) is 23.0 Å². The van der Waals surface area contributed by atoms with Gasteiger partial charge in [0.15, 0.2) is 0 Å². The van der Waals surface area contributed by atoms with Crippen molar-refractivity contribution in [1.29, 1.82) is 0 Å². The summed E-state index contributed by atoms with van der Waals surface area (Å²) in [6.07, 6.45) is 0. The second-order valence-corrected chi connectivity index (χ2v) is 3.51. The Hall–Kier alpha value is -1.75. The number of hydrogen-bond acceptors (Lipinski definition) is 3. The maximum absolute atomic E-state index is 11.4. The van der Waals surface area contributed by atoms with Gasteiger partial charge in [0.25, 0.3) is 0 Å². The molecule has 86 valence electrons. The van der Waals surface area contributed by atoms with Gasteiger partial charge in [-0.15, -0.1) is 0 Å². The Labute approximate surface area is 92.6 Å². The van der Waals surface area contributed by atoms with Crippen molar-refractivity contribution >= 4 is 11.0 Å². The van der Waals surface area contributed by atoms with Crippen molar-refractivity contribution in [3.8, 4) is 5.75 Å². The quantitative estimate of drug-likeness (QED) is 0.782. The van der Waals surface area contributed by atoms with Crippen LogP contribution in [0.25, 0.3) is 11.0 Å². The van der Waals surface area contributed by atoms with E-state index < -0.39 is 0 Å². The summed E-state index contributed by atoms with van der Waals surface area (Å²) in [6.45, 7) is 1.05. The number of imidazole rings is 1. The van der Waals surface area contributed by atoms with E-state index >= 15 is 0 Å². The van der Waals surface area contributed by atoms with Gasteiger partial charge in [0.1, 0.15) is 12.4 Å². The third-order valence-corrected chi connectivity index (χ3v) is 2.43. The van der Waals surface area contributed by atoms with Crippen LogP contribution in [-0.2, 0) is 11.8 Å². The SMILES string of the molecule is COCCOc1ccc2[nH]c(=O)n(C)c2c1. The minimum absolute atomic E-state index is 0.121. The molecule has 2 aromatic rings. The standard InChI is InChI=1S/C11H14N2O3/c1-13-10-7-8(16-6-5-15-2)3-4-9(10)12-11(13)14/h3-4,7H,5-6H2,1-2H3,(H,12,14). The van der Waals surface area contributed by atoms with Gasteiger partial charge in [0, 0.05) is 20.2 Å². The van der Waals surface area contributed by atoms with Crippen LogP contribution in [-0.4, -0.2) is 29.9 Å². The first-order valence-electron chi connectivity index (χ1n) is 5.03. The summed E-state index contributed by atoms with van der Waals surface area (Å²) in [6, 6.07) is 5.50. The number of aromatic amines is 1. The molecule has 1 N–H and O–H groups in total. The van der Waals surface area contributed by atoms with E-state index in [9.17, 15) is 4.79 Å². The first-order valence-corrected chi connectivity index (χ1v) is 5.03. The Morgan fingerprint density at radius 3 is 2.94 bits per heavy atom. The fourth-order valence-electron chi connectivity index (χ4n) is 1.54. The van der Waals surface area contributed by atoms with E-state index in [0.717, 1.165) is 16.8 Å². The van der Waals surface area contributed by atoms with Crippen molar-refractivity contribution < 1.29 is 9.47 Å². The number of ether oxygens (including phenoxy) is 2. The molecule has 0 fully saturated rings. The van der Waals surface area contributed by atoms with Gasteiger partial charge >= 0.3 is 5.69 Å². The topological polar surface area (TPSA) is 56.2 Å². The summed E-state index contributed by atoms with van der Waals surface area (Å²) >= 11 is 0. The maximum atomic E-state index is 11.4. The van der Waals surface area contributed by atoms with Crippen molar-refractivity contribution in [3.63, 3.8) is 0 Å². The Balaban J connectivity index is 2.28. The zero-order valence-electron chi connectivity index (χ0n) is 9.32. The third kappa shape index (κ3) is 1.94. The third-order valence-electron chi connectivity index (χ3n) is 2.43. The summed E-state index contributed by atoms with van der Waals surface area (Å²) < 4.78 is 11.9. The fraction of sp³-hybridized carbons (Fsp3) is 0.364. The number of rotatable bonds is 4. The number of hydrogen-bond donors (Lipinski definition) is 1. The summed E-state index contributed by atoms with van der Waals surface area (Å²) in [5.74, 6) is 0.735. The van der Waals surface area contributed by atoms with Gasteiger partial charge in [-0.2, -0.15) is 0 Å². The molecule has 1 aromatic heterocycles. The van der Waals surface area contributed by atoms with Gasteiger partial charge in [-0.1, -0.05) is 0 Å². The predicted molar refractivity (Wildman–Crippen MR) is 60.9 cm³/mol. The molecule has 1 aromatic carbocycles. The van der Waals surface area contributed by atoms with Crippen LogP contribution in [0.2, 0.25) is 0 Å². The maximum Gasteiger partial charge on any atom is 0.326 e. The van der Waals surface area contributed by atoms with Gasteiger partial charge in [-0.3, -0.25) is 4.57 Å². The fourth-order valence-corrected chi connectivity index (χ4v) is 1.54. The number of benzene rings is 1. The number of aromatic nitrogens is 2. The Kier molecular flexibility index (Phi) is 2.96. The second kappa shape index (κ2) is 4.40. The van der Waals surface area contributed by atoms with Crippen molar-refractivity contribution in [1.82, 2.24) is 9.55 Å². The number of H-pyrrole nitrogens is 1. The van der Waals surface area contributed by atoms with E-state index in [2.05, 4.69) is 4.98 Å². The van der Waals surface area contributed by atoms with Crippen LogP contribution in [0.5, 0.6) is 5.75 Å². The van der Waals surface area contributed by atoms with E-state index in [1.807, 2.05) is 18.2 Å². The van der Waals surface area contributed by atoms with Gasteiger partial charge in [-0.05, 0) is 12.1 Å². The molecule has 0 aliphatic carbocycles. The van der Waals surface area contributed by atoms with Gasteiger partial charge in [0.2, 0.25) is 0 Å². The predicted octanol–water partition coefficient (Wildman–Crippen LogP) is 0.892. The first kappa shape index (κ1) is 10.8.